The van der Waals surface area contributed by atoms with Crippen LogP contribution < -0.4 is 5.73 Å². The van der Waals surface area contributed by atoms with E-state index in [1.54, 1.807) is 0 Å². The largest absolute Gasteiger partial charge is 0.388 e. The number of amides is 1. The Bertz CT molecular complexity index is 451. The number of nitrogens with two attached hydrogens (primary N) is 1. The Morgan fingerprint density at radius 1 is 1.09 bits per heavy atom. The zero-order valence-electron chi connectivity index (χ0n) is 14.2. The third-order valence-corrected chi connectivity index (χ3v) is 5.93. The average molecular weight is 321 g/mol. The maximum absolute atomic E-state index is 12.6. The van der Waals surface area contributed by atoms with Crippen molar-refractivity contribution in [1.29, 1.82) is 0 Å². The summed E-state index contributed by atoms with van der Waals surface area (Å²) in [7, 11) is 0. The van der Waals surface area contributed by atoms with Gasteiger partial charge in [0.05, 0.1) is 12.1 Å². The number of nitrogens with zero attached hydrogens (tertiary/aromatic N) is 2. The molecule has 1 unspecified atom stereocenters. The molecular formula is C18H31N3O2. The molecule has 0 spiro atoms. The van der Waals surface area contributed by atoms with Crippen molar-refractivity contribution in [1.82, 2.24) is 4.90 Å². The Labute approximate surface area is 139 Å². The maximum Gasteiger partial charge on any atom is 0.254 e. The van der Waals surface area contributed by atoms with Gasteiger partial charge in [-0.05, 0) is 31.6 Å². The molecular weight excluding hydrogens is 290 g/mol. The molecule has 2 saturated carbocycles. The summed E-state index contributed by atoms with van der Waals surface area (Å²) in [6.45, 7) is 0.321. The Hall–Kier alpha value is -1.10. The molecule has 5 nitrogen and oxygen atoms in total. The molecule has 3 N–H and O–H groups in total. The third kappa shape index (κ3) is 4.06. The first kappa shape index (κ1) is 16.7. The monoisotopic (exact) mass is 321 g/mol. The maximum atomic E-state index is 12.6. The third-order valence-electron chi connectivity index (χ3n) is 5.93. The second kappa shape index (κ2) is 7.20. The number of hydrogen-bond donors (Lipinski definition) is 2. The molecule has 0 radical (unpaired) electrons. The van der Waals surface area contributed by atoms with E-state index in [1.807, 2.05) is 0 Å². The molecule has 0 aromatic carbocycles. The first-order chi connectivity index (χ1) is 11.1. The zero-order valence-corrected chi connectivity index (χ0v) is 14.2. The standard InChI is InChI=1S/C18H31N3O2/c19-17-20-15(10-9-14-7-3-1-4-8-14)16(22)21(17)13-18(23)11-5-2-6-12-18/h14-15,23H,1-13H2,(H2,19,20). The summed E-state index contributed by atoms with van der Waals surface area (Å²) in [4.78, 5) is 18.6. The van der Waals surface area contributed by atoms with Gasteiger partial charge in [-0.15, -0.1) is 0 Å². The predicted molar refractivity (Wildman–Crippen MR) is 91.0 cm³/mol. The van der Waals surface area contributed by atoms with E-state index in [2.05, 4.69) is 4.99 Å². The molecule has 3 rings (SSSR count). The van der Waals surface area contributed by atoms with Crippen LogP contribution in [-0.4, -0.2) is 40.1 Å². The van der Waals surface area contributed by atoms with E-state index in [0.29, 0.717) is 12.5 Å². The Morgan fingerprint density at radius 2 is 1.74 bits per heavy atom. The van der Waals surface area contributed by atoms with Crippen LogP contribution in [0.15, 0.2) is 4.99 Å². The highest BCUT2D eigenvalue weighted by atomic mass is 16.3. The smallest absolute Gasteiger partial charge is 0.254 e. The molecule has 1 aliphatic heterocycles. The molecule has 2 fully saturated rings. The minimum absolute atomic E-state index is 0.00249. The van der Waals surface area contributed by atoms with Crippen molar-refractivity contribution >= 4 is 11.9 Å². The van der Waals surface area contributed by atoms with Crippen LogP contribution in [0.25, 0.3) is 0 Å². The molecule has 0 aromatic rings. The van der Waals surface area contributed by atoms with Gasteiger partial charge in [-0.1, -0.05) is 51.4 Å². The molecule has 0 bridgehead atoms. The van der Waals surface area contributed by atoms with Crippen molar-refractivity contribution in [2.24, 2.45) is 16.6 Å². The quantitative estimate of drug-likeness (QED) is 0.817. The van der Waals surface area contributed by atoms with Gasteiger partial charge in [-0.3, -0.25) is 9.69 Å². The molecule has 3 aliphatic rings. The van der Waals surface area contributed by atoms with Gasteiger partial charge in [0.25, 0.3) is 5.91 Å². The minimum atomic E-state index is -0.772. The van der Waals surface area contributed by atoms with Gasteiger partial charge in [0.1, 0.15) is 6.04 Å². The van der Waals surface area contributed by atoms with Crippen LogP contribution in [-0.2, 0) is 4.79 Å². The van der Waals surface area contributed by atoms with E-state index in [9.17, 15) is 9.90 Å². The summed E-state index contributed by atoms with van der Waals surface area (Å²) in [6.07, 6.45) is 13.2. The molecule has 0 saturated heterocycles. The van der Waals surface area contributed by atoms with Crippen molar-refractivity contribution in [3.63, 3.8) is 0 Å². The lowest BCUT2D eigenvalue weighted by Gasteiger charge is -2.35. The van der Waals surface area contributed by atoms with Gasteiger partial charge in [0.2, 0.25) is 0 Å². The minimum Gasteiger partial charge on any atom is -0.388 e. The van der Waals surface area contributed by atoms with Crippen molar-refractivity contribution in [3.8, 4) is 0 Å². The van der Waals surface area contributed by atoms with Crippen LogP contribution in [0.5, 0.6) is 0 Å². The van der Waals surface area contributed by atoms with Crippen LogP contribution in [0.1, 0.15) is 77.0 Å². The van der Waals surface area contributed by atoms with E-state index in [1.165, 1.54) is 43.4 Å². The summed E-state index contributed by atoms with van der Waals surface area (Å²) in [5, 5.41) is 10.7. The fourth-order valence-electron chi connectivity index (χ4n) is 4.46. The molecule has 23 heavy (non-hydrogen) atoms. The Morgan fingerprint density at radius 3 is 2.43 bits per heavy atom. The van der Waals surface area contributed by atoms with E-state index >= 15 is 0 Å². The van der Waals surface area contributed by atoms with Crippen molar-refractivity contribution in [2.45, 2.75) is 88.7 Å². The Balaban J connectivity index is 1.53. The number of aliphatic imine (C=N–C) groups is 1. The van der Waals surface area contributed by atoms with Gasteiger partial charge in [0, 0.05) is 0 Å². The highest BCUT2D eigenvalue weighted by Crippen LogP contribution is 2.31. The van der Waals surface area contributed by atoms with Gasteiger partial charge in [0.15, 0.2) is 5.96 Å². The van der Waals surface area contributed by atoms with Crippen LogP contribution in [0.2, 0.25) is 0 Å². The summed E-state index contributed by atoms with van der Waals surface area (Å²) in [6, 6.07) is -0.316. The van der Waals surface area contributed by atoms with E-state index in [-0.39, 0.29) is 11.9 Å². The van der Waals surface area contributed by atoms with Gasteiger partial charge >= 0.3 is 0 Å². The number of rotatable bonds is 5. The van der Waals surface area contributed by atoms with Crippen molar-refractivity contribution in [3.05, 3.63) is 0 Å². The summed E-state index contributed by atoms with van der Waals surface area (Å²) in [5.74, 6) is 1.06. The van der Waals surface area contributed by atoms with Crippen LogP contribution in [0.4, 0.5) is 0 Å². The summed E-state index contributed by atoms with van der Waals surface area (Å²) in [5.41, 5.74) is 5.22. The second-order valence-corrected chi connectivity index (χ2v) is 7.79. The number of β-amino-alcohol motifs (C(OH)–C–C–N with tert-alkyl or cyclic N) is 1. The first-order valence-electron chi connectivity index (χ1n) is 9.44. The highest BCUT2D eigenvalue weighted by molar-refractivity contribution is 6.04. The molecule has 1 amide bonds. The van der Waals surface area contributed by atoms with E-state index in [4.69, 9.17) is 5.73 Å². The van der Waals surface area contributed by atoms with E-state index < -0.39 is 5.60 Å². The number of carbonyl (C=O) groups excluding carboxylic acids is 1. The van der Waals surface area contributed by atoms with Gasteiger partial charge in [-0.25, -0.2) is 4.99 Å². The topological polar surface area (TPSA) is 78.9 Å². The number of aliphatic hydroxyl groups is 1. The fourth-order valence-corrected chi connectivity index (χ4v) is 4.46. The molecule has 2 aliphatic carbocycles. The molecule has 1 heterocycles. The molecule has 5 heteroatoms. The second-order valence-electron chi connectivity index (χ2n) is 7.79. The highest BCUT2D eigenvalue weighted by Gasteiger charge is 2.39. The molecule has 130 valence electrons. The fraction of sp³-hybridized carbons (Fsp3) is 0.889. The summed E-state index contributed by atoms with van der Waals surface area (Å²) < 4.78 is 0. The number of guanidine groups is 1. The van der Waals surface area contributed by atoms with Crippen molar-refractivity contribution < 1.29 is 9.90 Å². The zero-order chi connectivity index (χ0) is 16.3. The van der Waals surface area contributed by atoms with Crippen LogP contribution in [0.3, 0.4) is 0 Å². The van der Waals surface area contributed by atoms with Crippen LogP contribution in [0, 0.1) is 5.92 Å². The summed E-state index contributed by atoms with van der Waals surface area (Å²) >= 11 is 0. The van der Waals surface area contributed by atoms with Gasteiger partial charge < -0.3 is 10.8 Å². The predicted octanol–water partition coefficient (Wildman–Crippen LogP) is 2.57. The lowest BCUT2D eigenvalue weighted by Crippen LogP contribution is -2.50. The molecule has 1 atom stereocenters. The molecule has 0 aromatic heterocycles. The SMILES string of the molecule is NC1=NC(CCC2CCCCC2)C(=O)N1CC1(O)CCCCC1. The normalized spacial score (nSPS) is 28.9. The van der Waals surface area contributed by atoms with E-state index in [0.717, 1.165) is 44.4 Å². The lowest BCUT2D eigenvalue weighted by molar-refractivity contribution is -0.130. The average Bonchev–Trinajstić information content (AvgIpc) is 2.82. The van der Waals surface area contributed by atoms with Crippen molar-refractivity contribution in [2.75, 3.05) is 6.54 Å². The first-order valence-corrected chi connectivity index (χ1v) is 9.44. The number of carbonyl (C=O) groups is 1. The van der Waals surface area contributed by atoms with Crippen LogP contribution >= 0.6 is 0 Å². The van der Waals surface area contributed by atoms with Gasteiger partial charge in [-0.2, -0.15) is 0 Å². The number of hydrogen-bond acceptors (Lipinski definition) is 4. The lowest BCUT2D eigenvalue weighted by atomic mass is 9.84. The Kier molecular flexibility index (Phi) is 5.24.